The molecule has 0 spiro atoms. The molecule has 0 aromatic carbocycles. The fourth-order valence-electron chi connectivity index (χ4n) is 0.704. The van der Waals surface area contributed by atoms with Crippen molar-refractivity contribution in [1.29, 1.82) is 10.5 Å². The van der Waals surface area contributed by atoms with Crippen LogP contribution in [-0.4, -0.2) is 6.21 Å². The van der Waals surface area contributed by atoms with Crippen molar-refractivity contribution in [3.63, 3.8) is 0 Å². The van der Waals surface area contributed by atoms with Crippen LogP contribution in [0.1, 0.15) is 4.88 Å². The molecule has 2 N–H and O–H groups in total. The Morgan fingerprint density at radius 3 is 2.79 bits per heavy atom. The summed E-state index contributed by atoms with van der Waals surface area (Å²) in [5.41, 5.74) is 5.03. The van der Waals surface area contributed by atoms with E-state index < -0.39 is 0 Å². The van der Waals surface area contributed by atoms with E-state index in [0.29, 0.717) is 0 Å². The third-order valence-electron chi connectivity index (χ3n) is 1.35. The number of allylic oxidation sites excluding steroid dienone is 2. The first kappa shape index (κ1) is 9.97. The summed E-state index contributed by atoms with van der Waals surface area (Å²) in [6.45, 7) is 0. The molecule has 0 unspecified atom stereocenters. The van der Waals surface area contributed by atoms with Gasteiger partial charge in [-0.15, -0.1) is 11.3 Å². The number of thiophene rings is 1. The van der Waals surface area contributed by atoms with Gasteiger partial charge in [0.15, 0.2) is 5.70 Å². The van der Waals surface area contributed by atoms with Crippen molar-refractivity contribution in [2.45, 2.75) is 0 Å². The normalized spacial score (nSPS) is 11.9. The van der Waals surface area contributed by atoms with E-state index in [-0.39, 0.29) is 11.4 Å². The van der Waals surface area contributed by atoms with E-state index in [1.165, 1.54) is 17.6 Å². The second-order valence-electron chi connectivity index (χ2n) is 2.26. The van der Waals surface area contributed by atoms with E-state index in [4.69, 9.17) is 16.3 Å². The predicted molar refractivity (Wildman–Crippen MR) is 54.4 cm³/mol. The van der Waals surface area contributed by atoms with Gasteiger partial charge in [-0.3, -0.25) is 0 Å². The zero-order valence-corrected chi connectivity index (χ0v) is 7.95. The Kier molecular flexibility index (Phi) is 3.42. The van der Waals surface area contributed by atoms with E-state index in [1.807, 2.05) is 17.5 Å². The molecule has 5 heteroatoms. The number of nitrogens with two attached hydrogens (primary N) is 1. The van der Waals surface area contributed by atoms with Crippen LogP contribution in [0.3, 0.4) is 0 Å². The number of aliphatic imine (C=N–C) groups is 1. The molecule has 1 rings (SSSR count). The molecular weight excluding hydrogens is 196 g/mol. The molecule has 0 fully saturated rings. The molecule has 14 heavy (non-hydrogen) atoms. The van der Waals surface area contributed by atoms with Crippen LogP contribution >= 0.6 is 11.3 Å². The van der Waals surface area contributed by atoms with Crippen molar-refractivity contribution >= 4 is 17.6 Å². The summed E-state index contributed by atoms with van der Waals surface area (Å²) in [7, 11) is 0. The number of hydrogen-bond acceptors (Lipinski definition) is 5. The monoisotopic (exact) mass is 202 g/mol. The highest BCUT2D eigenvalue weighted by Gasteiger charge is 1.98. The van der Waals surface area contributed by atoms with Crippen LogP contribution in [0.15, 0.2) is 33.9 Å². The minimum Gasteiger partial charge on any atom is -0.388 e. The third kappa shape index (κ3) is 2.44. The van der Waals surface area contributed by atoms with Crippen molar-refractivity contribution in [2.24, 2.45) is 10.7 Å². The fourth-order valence-corrected chi connectivity index (χ4v) is 1.29. The molecule has 0 aliphatic heterocycles. The van der Waals surface area contributed by atoms with Crippen LogP contribution in [0.4, 0.5) is 0 Å². The van der Waals surface area contributed by atoms with Crippen LogP contribution in [0.25, 0.3) is 0 Å². The summed E-state index contributed by atoms with van der Waals surface area (Å²) in [5, 5.41) is 18.9. The van der Waals surface area contributed by atoms with Gasteiger partial charge in [0, 0.05) is 11.1 Å². The molecule has 1 heterocycles. The number of rotatable bonds is 2. The van der Waals surface area contributed by atoms with Gasteiger partial charge in [0.25, 0.3) is 0 Å². The molecule has 0 aliphatic carbocycles. The zero-order valence-electron chi connectivity index (χ0n) is 7.14. The van der Waals surface area contributed by atoms with Gasteiger partial charge in [-0.2, -0.15) is 10.5 Å². The largest absolute Gasteiger partial charge is 0.388 e. The molecule has 0 aliphatic rings. The van der Waals surface area contributed by atoms with Gasteiger partial charge in [-0.05, 0) is 11.4 Å². The van der Waals surface area contributed by atoms with E-state index in [1.54, 1.807) is 12.1 Å². The van der Waals surface area contributed by atoms with E-state index in [0.717, 1.165) is 4.88 Å². The summed E-state index contributed by atoms with van der Waals surface area (Å²) in [6.07, 6.45) is 1.51. The first-order valence-corrected chi connectivity index (χ1v) is 4.53. The molecule has 0 saturated heterocycles. The summed E-state index contributed by atoms with van der Waals surface area (Å²) in [6, 6.07) is 7.15. The van der Waals surface area contributed by atoms with Crippen LogP contribution < -0.4 is 5.73 Å². The first-order valence-electron chi connectivity index (χ1n) is 3.65. The molecule has 68 valence electrons. The maximum Gasteiger partial charge on any atom is 0.174 e. The number of nitrogens with zero attached hydrogens (tertiary/aromatic N) is 3. The third-order valence-corrected chi connectivity index (χ3v) is 2.15. The van der Waals surface area contributed by atoms with Crippen molar-refractivity contribution < 1.29 is 0 Å². The van der Waals surface area contributed by atoms with Crippen LogP contribution in [0.2, 0.25) is 0 Å². The lowest BCUT2D eigenvalue weighted by atomic mass is 10.4. The van der Waals surface area contributed by atoms with Crippen molar-refractivity contribution in [1.82, 2.24) is 0 Å². The van der Waals surface area contributed by atoms with Gasteiger partial charge in [-0.25, -0.2) is 4.99 Å². The Hall–Kier alpha value is -2.11. The molecule has 0 amide bonds. The maximum atomic E-state index is 8.61. The standard InChI is InChI=1S/C9H6N4S/c10-4-8(12)9(5-11)13-6-7-2-1-3-14-7/h1-3,6H,12H2. The Bertz CT molecular complexity index is 442. The van der Waals surface area contributed by atoms with Gasteiger partial charge in [-0.1, -0.05) is 6.07 Å². The van der Waals surface area contributed by atoms with Gasteiger partial charge in [0.2, 0.25) is 0 Å². The Balaban J connectivity index is 2.89. The quantitative estimate of drug-likeness (QED) is 0.580. The maximum absolute atomic E-state index is 8.61. The lowest BCUT2D eigenvalue weighted by Gasteiger charge is -1.88. The van der Waals surface area contributed by atoms with Crippen LogP contribution in [0, 0.1) is 22.7 Å². The topological polar surface area (TPSA) is 86.0 Å². The minimum atomic E-state index is -0.166. The number of hydrogen-bond donors (Lipinski definition) is 1. The summed E-state index contributed by atoms with van der Waals surface area (Å²) in [4.78, 5) is 4.72. The highest BCUT2D eigenvalue weighted by molar-refractivity contribution is 7.11. The van der Waals surface area contributed by atoms with Crippen LogP contribution in [0.5, 0.6) is 0 Å². The molecule has 0 atom stereocenters. The fraction of sp³-hybridized carbons (Fsp3) is 0. The zero-order chi connectivity index (χ0) is 10.4. The lowest BCUT2D eigenvalue weighted by Crippen LogP contribution is -1.97. The second kappa shape index (κ2) is 4.80. The van der Waals surface area contributed by atoms with Gasteiger partial charge in [0.1, 0.15) is 17.8 Å². The molecular formula is C9H6N4S. The molecule has 0 radical (unpaired) electrons. The second-order valence-corrected chi connectivity index (χ2v) is 3.24. The molecule has 1 aromatic heterocycles. The average Bonchev–Trinajstić information content (AvgIpc) is 2.71. The SMILES string of the molecule is N#CC(N)=C(C#N)N=Cc1cccs1. The average molecular weight is 202 g/mol. The van der Waals surface area contributed by atoms with Crippen molar-refractivity contribution in [2.75, 3.05) is 0 Å². The summed E-state index contributed by atoms with van der Waals surface area (Å²) >= 11 is 1.49. The number of nitriles is 2. The molecule has 4 nitrogen and oxygen atoms in total. The van der Waals surface area contributed by atoms with E-state index >= 15 is 0 Å². The highest BCUT2D eigenvalue weighted by Crippen LogP contribution is 2.06. The lowest BCUT2D eigenvalue weighted by molar-refractivity contribution is 1.27. The van der Waals surface area contributed by atoms with E-state index in [2.05, 4.69) is 4.99 Å². The summed E-state index contributed by atoms with van der Waals surface area (Å²) in [5.74, 6) is 0. The molecule has 0 bridgehead atoms. The first-order chi connectivity index (χ1) is 6.77. The molecule has 0 saturated carbocycles. The van der Waals surface area contributed by atoms with Gasteiger partial charge >= 0.3 is 0 Å². The highest BCUT2D eigenvalue weighted by atomic mass is 32.1. The van der Waals surface area contributed by atoms with Gasteiger partial charge < -0.3 is 5.73 Å². The van der Waals surface area contributed by atoms with Crippen LogP contribution in [-0.2, 0) is 0 Å². The predicted octanol–water partition coefficient (Wildman–Crippen LogP) is 1.38. The summed E-state index contributed by atoms with van der Waals surface area (Å²) < 4.78 is 0. The van der Waals surface area contributed by atoms with Crippen molar-refractivity contribution in [3.8, 4) is 12.1 Å². The Morgan fingerprint density at radius 1 is 1.50 bits per heavy atom. The van der Waals surface area contributed by atoms with Crippen molar-refractivity contribution in [3.05, 3.63) is 33.8 Å². The smallest absolute Gasteiger partial charge is 0.174 e. The molecule has 1 aromatic rings. The Labute approximate surface area is 85.2 Å². The van der Waals surface area contributed by atoms with E-state index in [9.17, 15) is 0 Å². The van der Waals surface area contributed by atoms with Gasteiger partial charge in [0.05, 0.1) is 0 Å². The minimum absolute atomic E-state index is 0.0547. The Morgan fingerprint density at radius 2 is 2.29 bits per heavy atom.